The number of halogens is 1. The van der Waals surface area contributed by atoms with Crippen molar-refractivity contribution in [3.8, 4) is 0 Å². The Kier molecular flexibility index (Phi) is 8.81. The Morgan fingerprint density at radius 2 is 2.07 bits per heavy atom. The molecule has 0 unspecified atom stereocenters. The van der Waals surface area contributed by atoms with E-state index in [1.165, 1.54) is 12.1 Å². The minimum atomic E-state index is -0.779. The van der Waals surface area contributed by atoms with Crippen LogP contribution in [0.15, 0.2) is 36.4 Å². The number of unbranched alkanes of at least 4 members (excludes halogenated alkanes) is 1. The third kappa shape index (κ3) is 7.72. The molecule has 7 heteroatoms. The summed E-state index contributed by atoms with van der Waals surface area (Å²) in [5, 5.41) is 18.8. The van der Waals surface area contributed by atoms with Gasteiger partial charge in [0.15, 0.2) is 0 Å². The molecular weight excluding hydrogens is 369 g/mol. The monoisotopic (exact) mass is 395 g/mol. The van der Waals surface area contributed by atoms with E-state index in [1.54, 1.807) is 30.0 Å². The largest absolute Gasteiger partial charge is 0.481 e. The van der Waals surface area contributed by atoms with Crippen molar-refractivity contribution in [3.05, 3.63) is 47.8 Å². The zero-order chi connectivity index (χ0) is 19.6. The first-order chi connectivity index (χ1) is 13.0. The molecule has 0 radical (unpaired) electrons. The summed E-state index contributed by atoms with van der Waals surface area (Å²) in [6, 6.07) is 6.03. The van der Waals surface area contributed by atoms with Crippen LogP contribution >= 0.6 is 11.8 Å². The topological polar surface area (TPSA) is 77.8 Å². The van der Waals surface area contributed by atoms with Gasteiger partial charge in [-0.2, -0.15) is 0 Å². The van der Waals surface area contributed by atoms with Gasteiger partial charge >= 0.3 is 5.97 Å². The third-order valence-corrected chi connectivity index (χ3v) is 5.49. The van der Waals surface area contributed by atoms with E-state index in [9.17, 15) is 19.1 Å². The predicted molar refractivity (Wildman–Crippen MR) is 104 cm³/mol. The van der Waals surface area contributed by atoms with Crippen molar-refractivity contribution in [3.63, 3.8) is 0 Å². The van der Waals surface area contributed by atoms with Crippen LogP contribution in [0, 0.1) is 5.82 Å². The lowest BCUT2D eigenvalue weighted by atomic mass is 10.1. The number of thioether (sulfide) groups is 1. The van der Waals surface area contributed by atoms with Gasteiger partial charge in [-0.1, -0.05) is 24.3 Å². The maximum absolute atomic E-state index is 12.9. The second-order valence-electron chi connectivity index (χ2n) is 6.64. The fourth-order valence-electron chi connectivity index (χ4n) is 2.95. The highest BCUT2D eigenvalue weighted by atomic mass is 32.2. The number of carbonyl (C=O) groups excluding carboxylic acids is 1. The van der Waals surface area contributed by atoms with Crippen LogP contribution in [0.5, 0.6) is 0 Å². The first-order valence-corrected chi connectivity index (χ1v) is 10.3. The van der Waals surface area contributed by atoms with Crippen LogP contribution in [-0.2, 0) is 16.0 Å². The summed E-state index contributed by atoms with van der Waals surface area (Å²) in [6.45, 7) is 0. The molecule has 1 aliphatic heterocycles. The van der Waals surface area contributed by atoms with E-state index < -0.39 is 12.1 Å². The number of rotatable bonds is 11. The molecule has 1 fully saturated rings. The van der Waals surface area contributed by atoms with Gasteiger partial charge in [-0.3, -0.25) is 9.59 Å². The zero-order valence-corrected chi connectivity index (χ0v) is 16.0. The van der Waals surface area contributed by atoms with E-state index in [-0.39, 0.29) is 24.2 Å². The van der Waals surface area contributed by atoms with Gasteiger partial charge in [-0.25, -0.2) is 4.39 Å². The molecule has 1 amide bonds. The molecule has 2 N–H and O–H groups in total. The molecule has 0 saturated carbocycles. The average Bonchev–Trinajstić information content (AvgIpc) is 2.98. The second-order valence-corrected chi connectivity index (χ2v) is 7.72. The first-order valence-electron chi connectivity index (χ1n) is 9.15. The molecule has 0 spiro atoms. The number of carbonyl (C=O) groups is 2. The number of amides is 1. The molecule has 2 atom stereocenters. The number of aliphatic carboxylic acids is 1. The average molecular weight is 395 g/mol. The van der Waals surface area contributed by atoms with E-state index in [0.717, 1.165) is 24.2 Å². The number of hydrogen-bond acceptors (Lipinski definition) is 4. The number of benzene rings is 1. The summed E-state index contributed by atoms with van der Waals surface area (Å²) in [7, 11) is 0. The normalized spacial score (nSPS) is 18.4. The lowest BCUT2D eigenvalue weighted by molar-refractivity contribution is -0.137. The van der Waals surface area contributed by atoms with Crippen molar-refractivity contribution in [2.45, 2.75) is 50.7 Å². The highest BCUT2D eigenvalue weighted by Crippen LogP contribution is 2.23. The van der Waals surface area contributed by atoms with Crippen molar-refractivity contribution in [1.82, 2.24) is 4.90 Å². The maximum atomic E-state index is 12.9. The zero-order valence-electron chi connectivity index (χ0n) is 15.2. The number of likely N-dealkylation sites (tertiary alicyclic amines) is 1. The van der Waals surface area contributed by atoms with Gasteiger partial charge in [0.1, 0.15) is 5.82 Å². The summed E-state index contributed by atoms with van der Waals surface area (Å²) in [5.41, 5.74) is 0.852. The van der Waals surface area contributed by atoms with Gasteiger partial charge < -0.3 is 15.1 Å². The minimum Gasteiger partial charge on any atom is -0.481 e. The molecule has 148 valence electrons. The molecule has 0 aliphatic carbocycles. The van der Waals surface area contributed by atoms with E-state index in [1.807, 2.05) is 11.0 Å². The highest BCUT2D eigenvalue weighted by molar-refractivity contribution is 7.99. The van der Waals surface area contributed by atoms with Gasteiger partial charge in [-0.05, 0) is 42.7 Å². The smallest absolute Gasteiger partial charge is 0.303 e. The van der Waals surface area contributed by atoms with Crippen LogP contribution in [0.25, 0.3) is 0 Å². The Balaban J connectivity index is 1.76. The van der Waals surface area contributed by atoms with Gasteiger partial charge in [0.05, 0.1) is 18.0 Å². The van der Waals surface area contributed by atoms with Crippen LogP contribution in [0.2, 0.25) is 0 Å². The third-order valence-electron chi connectivity index (χ3n) is 4.45. The van der Waals surface area contributed by atoms with Crippen molar-refractivity contribution in [2.24, 2.45) is 0 Å². The number of hydrogen-bond donors (Lipinski definition) is 2. The molecule has 1 aliphatic rings. The Labute approximate surface area is 163 Å². The van der Waals surface area contributed by atoms with Crippen LogP contribution in [0.1, 0.15) is 37.7 Å². The molecule has 27 heavy (non-hydrogen) atoms. The second kappa shape index (κ2) is 11.1. The Bertz CT molecular complexity index is 650. The summed E-state index contributed by atoms with van der Waals surface area (Å²) in [4.78, 5) is 24.4. The Morgan fingerprint density at radius 1 is 1.33 bits per heavy atom. The van der Waals surface area contributed by atoms with Gasteiger partial charge in [0.25, 0.3) is 0 Å². The van der Waals surface area contributed by atoms with Crippen molar-refractivity contribution in [2.75, 3.05) is 11.6 Å². The Hall–Kier alpha value is -1.86. The van der Waals surface area contributed by atoms with Crippen LogP contribution in [0.4, 0.5) is 4.39 Å². The maximum Gasteiger partial charge on any atom is 0.303 e. The van der Waals surface area contributed by atoms with E-state index in [4.69, 9.17) is 5.11 Å². The lowest BCUT2D eigenvalue weighted by Crippen LogP contribution is -2.31. The van der Waals surface area contributed by atoms with Gasteiger partial charge in [-0.15, -0.1) is 11.8 Å². The first kappa shape index (κ1) is 21.4. The predicted octanol–water partition coefficient (Wildman–Crippen LogP) is 3.22. The van der Waals surface area contributed by atoms with Gasteiger partial charge in [0.2, 0.25) is 5.91 Å². The molecule has 0 aromatic heterocycles. The SMILES string of the molecule is O=C(O)CCCCSCN1C(=O)CC[C@@H]1/C=C/[C@@H](O)Cc1ccc(F)cc1. The molecular formula is C20H26FNO4S. The quantitative estimate of drug-likeness (QED) is 0.444. The number of nitrogens with zero attached hydrogens (tertiary/aromatic N) is 1. The number of aliphatic hydroxyl groups excluding tert-OH is 1. The molecule has 1 heterocycles. The Morgan fingerprint density at radius 3 is 2.78 bits per heavy atom. The van der Waals surface area contributed by atoms with E-state index in [2.05, 4.69) is 0 Å². The molecule has 2 rings (SSSR count). The molecule has 1 aromatic carbocycles. The van der Waals surface area contributed by atoms with E-state index >= 15 is 0 Å². The fourth-order valence-corrected chi connectivity index (χ4v) is 4.02. The molecule has 1 aromatic rings. The van der Waals surface area contributed by atoms with Crippen LogP contribution in [0.3, 0.4) is 0 Å². The van der Waals surface area contributed by atoms with Crippen molar-refractivity contribution >= 4 is 23.6 Å². The fraction of sp³-hybridized carbons (Fsp3) is 0.500. The number of carboxylic acids is 1. The van der Waals surface area contributed by atoms with Gasteiger partial charge in [0, 0.05) is 19.3 Å². The van der Waals surface area contributed by atoms with Crippen LogP contribution < -0.4 is 0 Å². The number of carboxylic acid groups (broad SMARTS) is 1. The van der Waals surface area contributed by atoms with Crippen molar-refractivity contribution in [1.29, 1.82) is 0 Å². The summed E-state index contributed by atoms with van der Waals surface area (Å²) >= 11 is 1.63. The van der Waals surface area contributed by atoms with Crippen molar-refractivity contribution < 1.29 is 24.2 Å². The van der Waals surface area contributed by atoms with Crippen LogP contribution in [-0.4, -0.2) is 50.8 Å². The molecule has 0 bridgehead atoms. The summed E-state index contributed by atoms with van der Waals surface area (Å²) in [6.07, 6.45) is 6.18. The summed E-state index contributed by atoms with van der Waals surface area (Å²) in [5.74, 6) is 0.425. The standard InChI is InChI=1S/C20H26FNO4S/c21-16-6-4-15(5-7-16)13-18(23)10-8-17-9-11-19(24)22(17)14-27-12-2-1-3-20(25)26/h4-8,10,17-18,23H,1-3,9,11-14H2,(H,25,26)/b10-8+/t17-,18+/m0/s1. The summed E-state index contributed by atoms with van der Waals surface area (Å²) < 4.78 is 12.9. The lowest BCUT2D eigenvalue weighted by Gasteiger charge is -2.22. The molecule has 5 nitrogen and oxygen atoms in total. The minimum absolute atomic E-state index is 0.0214. The highest BCUT2D eigenvalue weighted by Gasteiger charge is 2.28. The van der Waals surface area contributed by atoms with E-state index in [0.29, 0.717) is 25.1 Å². The number of aliphatic hydroxyl groups is 1. The molecule has 1 saturated heterocycles.